The van der Waals surface area contributed by atoms with Gasteiger partial charge in [0.2, 0.25) is 11.8 Å². The van der Waals surface area contributed by atoms with Gasteiger partial charge in [-0.15, -0.1) is 5.10 Å². The van der Waals surface area contributed by atoms with Gasteiger partial charge in [-0.1, -0.05) is 57.4 Å². The number of aromatic nitrogens is 3. The number of ketones is 3. The number of urea groups is 1. The van der Waals surface area contributed by atoms with Crippen molar-refractivity contribution in [3.63, 3.8) is 0 Å². The summed E-state index contributed by atoms with van der Waals surface area (Å²) in [5.41, 5.74) is 12.1. The van der Waals surface area contributed by atoms with Gasteiger partial charge in [-0.3, -0.25) is 28.8 Å². The Kier molecular flexibility index (Phi) is 34.0. The fraction of sp³-hybridized carbons (Fsp3) is 0.737. The van der Waals surface area contributed by atoms with Crippen molar-refractivity contribution in [2.24, 2.45) is 34.1 Å². The van der Waals surface area contributed by atoms with Gasteiger partial charge in [-0.25, -0.2) is 9.48 Å². The summed E-state index contributed by atoms with van der Waals surface area (Å²) in [5, 5.41) is 17.2. The SMILES string of the molecule is CC(C)(C)CCCCC[C@H](CC(=O)[C@H](Cc1cn(CCOCCOCCOCCOCCOCCCC(=O)COCC(=O)C[C@@H](CCCNC(N)=O)C(=O)Nc2ccc(COC(=O)C(C)(C)C)cc2)nn1)NC(C)(C)C)C(N)=O. The zero-order valence-electron chi connectivity index (χ0n) is 48.9. The first kappa shape index (κ1) is 69.9. The molecule has 7 N–H and O–H groups in total. The number of nitrogens with two attached hydrogens (primary N) is 2. The molecule has 2 rings (SSSR count). The molecule has 1 aromatic carbocycles. The molecule has 0 saturated heterocycles. The van der Waals surface area contributed by atoms with Crippen LogP contribution in [0.2, 0.25) is 0 Å². The summed E-state index contributed by atoms with van der Waals surface area (Å²) in [7, 11) is 0. The smallest absolute Gasteiger partial charge is 0.312 e. The second-order valence-corrected chi connectivity index (χ2v) is 23.1. The van der Waals surface area contributed by atoms with Gasteiger partial charge in [-0.2, -0.15) is 0 Å². The number of hydrogen-bond donors (Lipinski definition) is 5. The Balaban J connectivity index is 1.52. The Morgan fingerprint density at radius 3 is 1.80 bits per heavy atom. The molecule has 0 aliphatic rings. The normalized spacial score (nSPS) is 13.1. The maximum absolute atomic E-state index is 13.6. The molecule has 0 aliphatic heterocycles. The standard InChI is InChI=1S/C57H96N8O14/c1-55(2,3)22-12-10-11-15-43(51(58)69)36-50(68)49(62-57(7,8)9)37-46-38-65(64-63-46)24-26-74-28-30-76-32-34-77-33-31-75-29-27-73-25-14-17-47(66)40-78-41-48(67)35-44(16-13-23-60-54(59)72)52(70)61-45-20-18-42(19-21-45)39-79-53(71)56(4,5)6/h18-21,38,43-44,49,62H,10-17,22-37,39-41H2,1-9H3,(H2,58,69)(H,61,70)(H3,59,60,72)/t43-,44-,49+/m1/s1. The minimum absolute atomic E-state index is 0.0613. The molecule has 0 unspecified atom stereocenters. The maximum Gasteiger partial charge on any atom is 0.312 e. The first-order chi connectivity index (χ1) is 37.3. The van der Waals surface area contributed by atoms with Crippen LogP contribution in [0.5, 0.6) is 0 Å². The summed E-state index contributed by atoms with van der Waals surface area (Å²) < 4.78 is 40.4. The highest BCUT2D eigenvalue weighted by Gasteiger charge is 2.29. The highest BCUT2D eigenvalue weighted by Crippen LogP contribution is 2.24. The summed E-state index contributed by atoms with van der Waals surface area (Å²) >= 11 is 0. The number of Topliss-reactive ketones (excluding diaryl/α,β-unsaturated/α-hetero) is 3. The number of nitrogens with zero attached hydrogens (tertiary/aromatic N) is 3. The van der Waals surface area contributed by atoms with Crippen LogP contribution in [0, 0.1) is 22.7 Å². The number of rotatable bonds is 45. The minimum atomic E-state index is -0.729. The third kappa shape index (κ3) is 35.9. The number of esters is 1. The number of anilines is 1. The van der Waals surface area contributed by atoms with Crippen molar-refractivity contribution in [2.45, 2.75) is 164 Å². The van der Waals surface area contributed by atoms with Gasteiger partial charge in [0.15, 0.2) is 17.3 Å². The van der Waals surface area contributed by atoms with Crippen LogP contribution in [0.4, 0.5) is 10.5 Å². The number of carbonyl (C=O) groups excluding carboxylic acids is 7. The summed E-state index contributed by atoms with van der Waals surface area (Å²) in [5.74, 6) is -2.98. The van der Waals surface area contributed by atoms with E-state index in [2.05, 4.69) is 47.0 Å². The topological polar surface area (TPSA) is 303 Å². The van der Waals surface area contributed by atoms with Crippen LogP contribution < -0.4 is 27.4 Å². The van der Waals surface area contributed by atoms with E-state index in [9.17, 15) is 33.6 Å². The van der Waals surface area contributed by atoms with E-state index in [-0.39, 0.29) is 86.3 Å². The van der Waals surface area contributed by atoms with Crippen LogP contribution in [-0.2, 0) is 81.5 Å². The number of carbonyl (C=O) groups is 7. The molecule has 2 aromatic rings. The average molecular weight is 1120 g/mol. The lowest BCUT2D eigenvalue weighted by atomic mass is 9.87. The summed E-state index contributed by atoms with van der Waals surface area (Å²) in [6.45, 7) is 22.0. The average Bonchev–Trinajstić information content (AvgIpc) is 3.81. The van der Waals surface area contributed by atoms with Crippen molar-refractivity contribution in [3.05, 3.63) is 41.7 Å². The van der Waals surface area contributed by atoms with E-state index < -0.39 is 41.1 Å². The lowest BCUT2D eigenvalue weighted by molar-refractivity contribution is -0.154. The van der Waals surface area contributed by atoms with Crippen molar-refractivity contribution in [1.29, 1.82) is 0 Å². The predicted molar refractivity (Wildman–Crippen MR) is 299 cm³/mol. The summed E-state index contributed by atoms with van der Waals surface area (Å²) in [4.78, 5) is 87.5. The molecule has 0 saturated carbocycles. The van der Waals surface area contributed by atoms with Crippen LogP contribution in [0.1, 0.15) is 144 Å². The quantitative estimate of drug-likeness (QED) is 0.0385. The molecular weight excluding hydrogens is 1020 g/mol. The van der Waals surface area contributed by atoms with Gasteiger partial charge in [0.1, 0.15) is 19.8 Å². The Morgan fingerprint density at radius 1 is 0.646 bits per heavy atom. The van der Waals surface area contributed by atoms with E-state index in [4.69, 9.17) is 44.6 Å². The molecule has 0 bridgehead atoms. The van der Waals surface area contributed by atoms with E-state index in [0.717, 1.165) is 31.2 Å². The Labute approximate surface area is 468 Å². The Bertz CT molecular complexity index is 2100. The molecule has 1 heterocycles. The van der Waals surface area contributed by atoms with Gasteiger partial charge in [0.05, 0.1) is 83.2 Å². The van der Waals surface area contributed by atoms with Crippen molar-refractivity contribution in [3.8, 4) is 0 Å². The van der Waals surface area contributed by atoms with Crippen LogP contribution in [0.25, 0.3) is 0 Å². The van der Waals surface area contributed by atoms with Gasteiger partial charge >= 0.3 is 12.0 Å². The van der Waals surface area contributed by atoms with E-state index >= 15 is 0 Å². The number of benzene rings is 1. The molecule has 448 valence electrons. The van der Waals surface area contributed by atoms with Gasteiger partial charge in [-0.05, 0) is 96.8 Å². The fourth-order valence-corrected chi connectivity index (χ4v) is 7.85. The molecule has 22 heteroatoms. The number of primary amides is 2. The third-order valence-electron chi connectivity index (χ3n) is 12.1. The molecule has 3 atom stereocenters. The van der Waals surface area contributed by atoms with Crippen LogP contribution in [0.3, 0.4) is 0 Å². The zero-order valence-corrected chi connectivity index (χ0v) is 48.9. The molecular formula is C57H96N8O14. The molecule has 22 nitrogen and oxygen atoms in total. The number of unbranched alkanes of at least 4 members (excludes halogenated alkanes) is 2. The zero-order chi connectivity index (χ0) is 58.7. The van der Waals surface area contributed by atoms with Crippen LogP contribution >= 0.6 is 0 Å². The van der Waals surface area contributed by atoms with E-state index in [1.165, 1.54) is 0 Å². The van der Waals surface area contributed by atoms with Gasteiger partial charge < -0.3 is 60.6 Å². The largest absolute Gasteiger partial charge is 0.460 e. The van der Waals surface area contributed by atoms with Crippen molar-refractivity contribution in [2.75, 3.05) is 91.1 Å². The second kappa shape index (κ2) is 38.4. The fourth-order valence-electron chi connectivity index (χ4n) is 7.85. The Morgan fingerprint density at radius 2 is 1.23 bits per heavy atom. The summed E-state index contributed by atoms with van der Waals surface area (Å²) in [6.07, 6.45) is 8.13. The monoisotopic (exact) mass is 1120 g/mol. The maximum atomic E-state index is 13.6. The molecule has 0 fully saturated rings. The highest BCUT2D eigenvalue weighted by molar-refractivity contribution is 5.96. The number of hydrogen-bond acceptors (Lipinski definition) is 17. The highest BCUT2D eigenvalue weighted by atomic mass is 16.6. The molecule has 1 aromatic heterocycles. The van der Waals surface area contributed by atoms with Crippen LogP contribution in [0.15, 0.2) is 30.5 Å². The number of ether oxygens (including phenoxy) is 7. The van der Waals surface area contributed by atoms with E-state index in [0.29, 0.717) is 110 Å². The first-order valence-corrected chi connectivity index (χ1v) is 27.9. The van der Waals surface area contributed by atoms with Crippen molar-refractivity contribution >= 4 is 46.9 Å². The third-order valence-corrected chi connectivity index (χ3v) is 12.1. The molecule has 79 heavy (non-hydrogen) atoms. The van der Waals surface area contributed by atoms with Gasteiger partial charge in [0, 0.05) is 68.1 Å². The number of nitrogens with one attached hydrogen (secondary N) is 3. The number of amides is 4. The van der Waals surface area contributed by atoms with E-state index in [1.807, 2.05) is 27.0 Å². The molecule has 0 aliphatic carbocycles. The molecule has 0 radical (unpaired) electrons. The predicted octanol–water partition coefficient (Wildman–Crippen LogP) is 5.84. The summed E-state index contributed by atoms with van der Waals surface area (Å²) in [6, 6.07) is 5.58. The minimum Gasteiger partial charge on any atom is -0.460 e. The second-order valence-electron chi connectivity index (χ2n) is 23.1. The Hall–Kier alpha value is -5.23. The van der Waals surface area contributed by atoms with Crippen molar-refractivity contribution < 1.29 is 66.7 Å². The van der Waals surface area contributed by atoms with Crippen molar-refractivity contribution in [1.82, 2.24) is 25.6 Å². The van der Waals surface area contributed by atoms with Crippen LogP contribution in [-0.4, -0.2) is 154 Å². The van der Waals surface area contributed by atoms with Gasteiger partial charge in [0.25, 0.3) is 0 Å². The first-order valence-electron chi connectivity index (χ1n) is 27.9. The molecule has 4 amide bonds. The lowest BCUT2D eigenvalue weighted by Gasteiger charge is -2.28. The van der Waals surface area contributed by atoms with E-state index in [1.54, 1.807) is 49.7 Å². The lowest BCUT2D eigenvalue weighted by Crippen LogP contribution is -2.49. The molecule has 0 spiro atoms.